The van der Waals surface area contributed by atoms with Crippen LogP contribution in [0.15, 0.2) is 23.1 Å². The lowest BCUT2D eigenvalue weighted by molar-refractivity contribution is 0.0695. The van der Waals surface area contributed by atoms with Crippen LogP contribution in [-0.4, -0.2) is 38.9 Å². The molecular weight excluding hydrogens is 382 g/mol. The van der Waals surface area contributed by atoms with Gasteiger partial charge >= 0.3 is 5.69 Å². The monoisotopic (exact) mass is 401 g/mol. The van der Waals surface area contributed by atoms with Gasteiger partial charge in [-0.1, -0.05) is 11.6 Å². The number of nitrogens with one attached hydrogen (secondary N) is 1. The van der Waals surface area contributed by atoms with Gasteiger partial charge in [0.25, 0.3) is 0 Å². The van der Waals surface area contributed by atoms with Crippen LogP contribution >= 0.6 is 11.6 Å². The van der Waals surface area contributed by atoms with E-state index in [0.29, 0.717) is 42.0 Å². The van der Waals surface area contributed by atoms with E-state index in [1.54, 1.807) is 22.4 Å². The highest BCUT2D eigenvalue weighted by Crippen LogP contribution is 2.35. The Morgan fingerprint density at radius 3 is 2.89 bits per heavy atom. The number of anilines is 2. The van der Waals surface area contributed by atoms with Crippen LogP contribution in [0.5, 0.6) is 5.75 Å². The lowest BCUT2D eigenvalue weighted by atomic mass is 10.1. The normalized spacial score (nSPS) is 16.9. The predicted molar refractivity (Wildman–Crippen MR) is 106 cm³/mol. The van der Waals surface area contributed by atoms with Crippen molar-refractivity contribution in [3.8, 4) is 5.75 Å². The second-order valence-corrected chi connectivity index (χ2v) is 7.53. The Labute approximate surface area is 166 Å². The molecule has 2 aromatic heterocycles. The number of halogens is 1. The fourth-order valence-corrected chi connectivity index (χ4v) is 4.09. The number of imidazole rings is 1. The summed E-state index contributed by atoms with van der Waals surface area (Å²) < 4.78 is 14.3. The molecule has 0 atom stereocenters. The summed E-state index contributed by atoms with van der Waals surface area (Å²) in [6.07, 6.45) is 4.11. The summed E-state index contributed by atoms with van der Waals surface area (Å²) in [4.78, 5) is 21.8. The van der Waals surface area contributed by atoms with Crippen molar-refractivity contribution in [2.45, 2.75) is 25.3 Å². The summed E-state index contributed by atoms with van der Waals surface area (Å²) >= 11 is 6.39. The van der Waals surface area contributed by atoms with E-state index >= 15 is 0 Å². The first-order chi connectivity index (χ1) is 13.6. The number of fused-ring (bicyclic) bond motifs is 2. The van der Waals surface area contributed by atoms with Gasteiger partial charge in [0.15, 0.2) is 5.65 Å². The van der Waals surface area contributed by atoms with Gasteiger partial charge in [-0.25, -0.2) is 9.78 Å². The van der Waals surface area contributed by atoms with Crippen molar-refractivity contribution < 1.29 is 9.47 Å². The average molecular weight is 402 g/mol. The Morgan fingerprint density at radius 1 is 1.25 bits per heavy atom. The molecule has 3 aromatic rings. The largest absolute Gasteiger partial charge is 0.493 e. The topological polar surface area (TPSA) is 83.2 Å². The molecule has 146 valence electrons. The standard InChI is InChI=1S/C19H20ClN5O3/c1-24-15-10-21-18(22-14-8-11-2-7-28-16(11)9-13(14)20)23-17(15)25(19(24)26)12-3-5-27-6-4-12/h8-10,12H,2-7H2,1H3,(H,21,22,23). The second-order valence-electron chi connectivity index (χ2n) is 7.12. The molecule has 0 aliphatic carbocycles. The Morgan fingerprint density at radius 2 is 2.07 bits per heavy atom. The molecule has 1 saturated heterocycles. The molecule has 2 aliphatic rings. The van der Waals surface area contributed by atoms with Crippen molar-refractivity contribution >= 4 is 34.4 Å². The third-order valence-electron chi connectivity index (χ3n) is 5.41. The number of hydrogen-bond acceptors (Lipinski definition) is 6. The van der Waals surface area contributed by atoms with Crippen LogP contribution in [0, 0.1) is 0 Å². The lowest BCUT2D eigenvalue weighted by Gasteiger charge is -2.22. The molecule has 0 saturated carbocycles. The minimum atomic E-state index is -0.0824. The van der Waals surface area contributed by atoms with Gasteiger partial charge in [0.05, 0.1) is 23.5 Å². The van der Waals surface area contributed by atoms with Gasteiger partial charge in [-0.05, 0) is 24.5 Å². The molecule has 1 fully saturated rings. The Hall–Kier alpha value is -2.58. The molecule has 9 heteroatoms. The minimum absolute atomic E-state index is 0.0773. The molecular formula is C19H20ClN5O3. The van der Waals surface area contributed by atoms with Gasteiger partial charge in [0.1, 0.15) is 11.3 Å². The third-order valence-corrected chi connectivity index (χ3v) is 5.73. The molecule has 28 heavy (non-hydrogen) atoms. The molecule has 0 amide bonds. The quantitative estimate of drug-likeness (QED) is 0.726. The molecule has 0 radical (unpaired) electrons. The number of rotatable bonds is 3. The van der Waals surface area contributed by atoms with E-state index in [-0.39, 0.29) is 11.7 Å². The average Bonchev–Trinajstić information content (AvgIpc) is 3.25. The highest BCUT2D eigenvalue weighted by molar-refractivity contribution is 6.33. The van der Waals surface area contributed by atoms with Crippen LogP contribution in [0.4, 0.5) is 11.6 Å². The van der Waals surface area contributed by atoms with Crippen LogP contribution in [0.3, 0.4) is 0 Å². The van der Waals surface area contributed by atoms with Gasteiger partial charge < -0.3 is 14.8 Å². The zero-order valence-corrected chi connectivity index (χ0v) is 16.2. The number of ether oxygens (including phenoxy) is 2. The fourth-order valence-electron chi connectivity index (χ4n) is 3.89. The van der Waals surface area contributed by atoms with Crippen molar-refractivity contribution in [1.82, 2.24) is 19.1 Å². The predicted octanol–water partition coefficient (Wildman–Crippen LogP) is 2.81. The SMILES string of the molecule is Cn1c(=O)n(C2CCOCC2)c2nc(Nc3cc4c(cc3Cl)OCC4)ncc21. The zero-order chi connectivity index (χ0) is 19.3. The van der Waals surface area contributed by atoms with E-state index < -0.39 is 0 Å². The fraction of sp³-hybridized carbons (Fsp3) is 0.421. The van der Waals surface area contributed by atoms with E-state index in [1.807, 2.05) is 12.1 Å². The number of benzene rings is 1. The number of nitrogens with zero attached hydrogens (tertiary/aromatic N) is 4. The number of hydrogen-bond donors (Lipinski definition) is 1. The van der Waals surface area contributed by atoms with Crippen LogP contribution in [0.25, 0.3) is 11.2 Å². The lowest BCUT2D eigenvalue weighted by Crippen LogP contribution is -2.30. The molecule has 4 heterocycles. The first kappa shape index (κ1) is 17.5. The summed E-state index contributed by atoms with van der Waals surface area (Å²) in [5.41, 5.74) is 3.07. The molecule has 2 aliphatic heterocycles. The van der Waals surface area contributed by atoms with Crippen LogP contribution in [0.1, 0.15) is 24.4 Å². The van der Waals surface area contributed by atoms with Crippen molar-refractivity contribution in [3.05, 3.63) is 39.4 Å². The first-order valence-electron chi connectivity index (χ1n) is 9.36. The zero-order valence-electron chi connectivity index (χ0n) is 15.4. The summed E-state index contributed by atoms with van der Waals surface area (Å²) in [6, 6.07) is 3.86. The second kappa shape index (κ2) is 6.79. The maximum absolute atomic E-state index is 12.8. The molecule has 1 N–H and O–H groups in total. The highest BCUT2D eigenvalue weighted by atomic mass is 35.5. The Balaban J connectivity index is 1.55. The minimum Gasteiger partial charge on any atom is -0.493 e. The van der Waals surface area contributed by atoms with E-state index in [9.17, 15) is 4.79 Å². The molecule has 0 unspecified atom stereocenters. The van der Waals surface area contributed by atoms with Gasteiger partial charge in [0.2, 0.25) is 5.95 Å². The maximum atomic E-state index is 12.8. The van der Waals surface area contributed by atoms with Crippen LogP contribution in [0.2, 0.25) is 5.02 Å². The van der Waals surface area contributed by atoms with E-state index in [0.717, 1.165) is 36.3 Å². The van der Waals surface area contributed by atoms with Gasteiger partial charge in [0, 0.05) is 38.8 Å². The molecule has 1 aromatic carbocycles. The summed E-state index contributed by atoms with van der Waals surface area (Å²) in [6.45, 7) is 1.96. The first-order valence-corrected chi connectivity index (χ1v) is 9.73. The van der Waals surface area contributed by atoms with Gasteiger partial charge in [-0.15, -0.1) is 0 Å². The van der Waals surface area contributed by atoms with Crippen molar-refractivity contribution in [2.24, 2.45) is 7.05 Å². The van der Waals surface area contributed by atoms with Crippen molar-refractivity contribution in [1.29, 1.82) is 0 Å². The molecule has 0 bridgehead atoms. The van der Waals surface area contributed by atoms with Crippen molar-refractivity contribution in [2.75, 3.05) is 25.1 Å². The summed E-state index contributed by atoms with van der Waals surface area (Å²) in [5, 5.41) is 3.73. The molecule has 8 nitrogen and oxygen atoms in total. The van der Waals surface area contributed by atoms with E-state index in [2.05, 4.69) is 15.3 Å². The Bertz CT molecular complexity index is 1120. The highest BCUT2D eigenvalue weighted by Gasteiger charge is 2.23. The van der Waals surface area contributed by atoms with Crippen LogP contribution in [-0.2, 0) is 18.2 Å². The number of aryl methyl sites for hydroxylation is 1. The summed E-state index contributed by atoms with van der Waals surface area (Å²) in [7, 11) is 1.74. The van der Waals surface area contributed by atoms with E-state index in [4.69, 9.17) is 21.1 Å². The third kappa shape index (κ3) is 2.84. The van der Waals surface area contributed by atoms with Gasteiger partial charge in [-0.2, -0.15) is 4.98 Å². The Kier molecular flexibility index (Phi) is 4.25. The molecule has 0 spiro atoms. The smallest absolute Gasteiger partial charge is 0.330 e. The maximum Gasteiger partial charge on any atom is 0.330 e. The van der Waals surface area contributed by atoms with Crippen molar-refractivity contribution in [3.63, 3.8) is 0 Å². The summed E-state index contributed by atoms with van der Waals surface area (Å²) in [5.74, 6) is 1.23. The number of aromatic nitrogens is 4. The van der Waals surface area contributed by atoms with Gasteiger partial charge in [-0.3, -0.25) is 9.13 Å². The molecule has 5 rings (SSSR count). The van der Waals surface area contributed by atoms with Crippen LogP contribution < -0.4 is 15.7 Å². The van der Waals surface area contributed by atoms with E-state index in [1.165, 1.54) is 0 Å².